The molecular weight excluding hydrogens is 464 g/mol. The van der Waals surface area contributed by atoms with Gasteiger partial charge < -0.3 is 15.5 Å². The summed E-state index contributed by atoms with van der Waals surface area (Å²) >= 11 is 6.14. The Morgan fingerprint density at radius 2 is 1.86 bits per heavy atom. The summed E-state index contributed by atoms with van der Waals surface area (Å²) < 4.78 is 1.79. The van der Waals surface area contributed by atoms with Crippen LogP contribution in [0.4, 0.5) is 5.82 Å². The second-order valence-electron chi connectivity index (χ2n) is 9.82. The molecule has 3 aromatic rings. The fourth-order valence-electron chi connectivity index (χ4n) is 5.26. The first-order chi connectivity index (χ1) is 17.0. The minimum atomic E-state index is -0.287. The zero-order chi connectivity index (χ0) is 24.4. The highest BCUT2D eigenvalue weighted by atomic mass is 35.5. The molecule has 10 heteroatoms. The molecule has 1 aromatic carbocycles. The van der Waals surface area contributed by atoms with E-state index < -0.39 is 0 Å². The standard InChI is InChI=1S/C25H33ClN8O/c1-31-11-13-33(14-12-31)23-6-5-22-28-29-24(34(22)30-23)16-21(25(27)35)19-7-9-32(10-8-19)17-18-3-2-4-20(26)15-18/h2-6,15,19,21H,7-14,16-17H2,1H3,(H2,27,35). The molecule has 186 valence electrons. The number of rotatable bonds is 7. The van der Waals surface area contributed by atoms with E-state index in [0.29, 0.717) is 17.9 Å². The Kier molecular flexibility index (Phi) is 7.17. The van der Waals surface area contributed by atoms with Crippen molar-refractivity contribution in [3.05, 3.63) is 52.8 Å². The van der Waals surface area contributed by atoms with Crippen LogP contribution in [0.15, 0.2) is 36.4 Å². The molecule has 0 radical (unpaired) electrons. The molecule has 2 aliphatic heterocycles. The molecule has 0 saturated carbocycles. The Morgan fingerprint density at radius 1 is 1.09 bits per heavy atom. The predicted octanol–water partition coefficient (Wildman–Crippen LogP) is 2.09. The fraction of sp³-hybridized carbons (Fsp3) is 0.520. The maximum Gasteiger partial charge on any atom is 0.221 e. The van der Waals surface area contributed by atoms with Crippen molar-refractivity contribution < 1.29 is 4.79 Å². The van der Waals surface area contributed by atoms with Crippen molar-refractivity contribution in [2.45, 2.75) is 25.8 Å². The van der Waals surface area contributed by atoms with E-state index in [1.165, 1.54) is 5.56 Å². The SMILES string of the molecule is CN1CCN(c2ccc3nnc(CC(C(N)=O)C4CCN(Cc5cccc(Cl)c5)CC4)n3n2)CC1. The van der Waals surface area contributed by atoms with E-state index in [1.54, 1.807) is 4.52 Å². The third-order valence-electron chi connectivity index (χ3n) is 7.41. The summed E-state index contributed by atoms with van der Waals surface area (Å²) in [5, 5.41) is 14.3. The van der Waals surface area contributed by atoms with Crippen molar-refractivity contribution in [3.63, 3.8) is 0 Å². The fourth-order valence-corrected chi connectivity index (χ4v) is 5.47. The predicted molar refractivity (Wildman–Crippen MR) is 136 cm³/mol. The van der Waals surface area contributed by atoms with Crippen molar-refractivity contribution >= 4 is 29.0 Å². The average molecular weight is 497 g/mol. The van der Waals surface area contributed by atoms with Crippen molar-refractivity contribution in [1.82, 2.24) is 29.6 Å². The number of hydrogen-bond acceptors (Lipinski definition) is 7. The number of likely N-dealkylation sites (N-methyl/N-ethyl adjacent to an activating group) is 1. The van der Waals surface area contributed by atoms with Gasteiger partial charge in [-0.2, -0.15) is 4.52 Å². The number of anilines is 1. The van der Waals surface area contributed by atoms with E-state index in [-0.39, 0.29) is 17.7 Å². The molecule has 0 spiro atoms. The number of hydrogen-bond donors (Lipinski definition) is 1. The molecule has 2 fully saturated rings. The van der Waals surface area contributed by atoms with Crippen molar-refractivity contribution in [2.75, 3.05) is 51.2 Å². The molecule has 2 N–H and O–H groups in total. The van der Waals surface area contributed by atoms with E-state index in [2.05, 4.69) is 38.0 Å². The number of fused-ring (bicyclic) bond motifs is 1. The summed E-state index contributed by atoms with van der Waals surface area (Å²) in [6.07, 6.45) is 2.30. The lowest BCUT2D eigenvalue weighted by Crippen LogP contribution is -2.45. The number of benzene rings is 1. The Hall–Kier alpha value is -2.75. The van der Waals surface area contributed by atoms with Crippen molar-refractivity contribution in [3.8, 4) is 0 Å². The zero-order valence-electron chi connectivity index (χ0n) is 20.2. The van der Waals surface area contributed by atoms with E-state index in [1.807, 2.05) is 30.3 Å². The number of piperazine rings is 1. The minimum absolute atomic E-state index is 0.219. The maximum atomic E-state index is 12.5. The summed E-state index contributed by atoms with van der Waals surface area (Å²) in [5.74, 6) is 1.27. The summed E-state index contributed by atoms with van der Waals surface area (Å²) in [6, 6.07) is 11.9. The van der Waals surface area contributed by atoms with Gasteiger partial charge in [0.05, 0.1) is 0 Å². The number of likely N-dealkylation sites (tertiary alicyclic amines) is 1. The van der Waals surface area contributed by atoms with Gasteiger partial charge in [-0.25, -0.2) is 0 Å². The second kappa shape index (κ2) is 10.5. The summed E-state index contributed by atoms with van der Waals surface area (Å²) in [4.78, 5) is 19.5. The van der Waals surface area contributed by atoms with Crippen LogP contribution in [0.2, 0.25) is 5.02 Å². The number of primary amides is 1. The monoisotopic (exact) mass is 496 g/mol. The topological polar surface area (TPSA) is 95.9 Å². The van der Waals surface area contributed by atoms with Crippen LogP contribution >= 0.6 is 11.6 Å². The number of piperidine rings is 1. The number of carbonyl (C=O) groups excluding carboxylic acids is 1. The lowest BCUT2D eigenvalue weighted by atomic mass is 9.81. The largest absolute Gasteiger partial charge is 0.369 e. The van der Waals surface area contributed by atoms with Crippen LogP contribution in [0.1, 0.15) is 24.2 Å². The first kappa shape index (κ1) is 24.0. The molecule has 1 unspecified atom stereocenters. The van der Waals surface area contributed by atoms with Gasteiger partial charge in [-0.1, -0.05) is 23.7 Å². The number of amides is 1. The summed E-state index contributed by atoms with van der Waals surface area (Å²) in [6.45, 7) is 6.60. The van der Waals surface area contributed by atoms with Gasteiger partial charge in [0, 0.05) is 50.1 Å². The quantitative estimate of drug-likeness (QED) is 0.535. The molecule has 0 bridgehead atoms. The molecule has 4 heterocycles. The minimum Gasteiger partial charge on any atom is -0.369 e. The number of carbonyl (C=O) groups is 1. The first-order valence-corrected chi connectivity index (χ1v) is 12.7. The second-order valence-corrected chi connectivity index (χ2v) is 10.3. The van der Waals surface area contributed by atoms with Gasteiger partial charge in [0.2, 0.25) is 5.91 Å². The Labute approximate surface area is 210 Å². The first-order valence-electron chi connectivity index (χ1n) is 12.4. The third kappa shape index (κ3) is 5.58. The molecular formula is C25H33ClN8O. The number of nitrogens with zero attached hydrogens (tertiary/aromatic N) is 7. The molecule has 35 heavy (non-hydrogen) atoms. The van der Waals surface area contributed by atoms with Crippen LogP contribution in [-0.2, 0) is 17.8 Å². The summed E-state index contributed by atoms with van der Waals surface area (Å²) in [7, 11) is 2.14. The van der Waals surface area contributed by atoms with Gasteiger partial charge in [0.1, 0.15) is 5.82 Å². The van der Waals surface area contributed by atoms with Crippen LogP contribution in [0, 0.1) is 11.8 Å². The Bertz CT molecular complexity index is 1170. The van der Waals surface area contributed by atoms with E-state index in [4.69, 9.17) is 22.4 Å². The number of nitrogens with two attached hydrogens (primary N) is 1. The van der Waals surface area contributed by atoms with Crippen LogP contribution in [0.3, 0.4) is 0 Å². The van der Waals surface area contributed by atoms with Gasteiger partial charge in [0.25, 0.3) is 0 Å². The van der Waals surface area contributed by atoms with Crippen LogP contribution < -0.4 is 10.6 Å². The highest BCUT2D eigenvalue weighted by molar-refractivity contribution is 6.30. The molecule has 9 nitrogen and oxygen atoms in total. The maximum absolute atomic E-state index is 12.5. The molecule has 2 aliphatic rings. The molecule has 5 rings (SSSR count). The van der Waals surface area contributed by atoms with E-state index in [0.717, 1.165) is 69.5 Å². The molecule has 2 saturated heterocycles. The smallest absolute Gasteiger partial charge is 0.221 e. The zero-order valence-corrected chi connectivity index (χ0v) is 20.9. The Morgan fingerprint density at radius 3 is 2.57 bits per heavy atom. The molecule has 0 aliphatic carbocycles. The van der Waals surface area contributed by atoms with Crippen LogP contribution in [0.25, 0.3) is 5.65 Å². The van der Waals surface area contributed by atoms with Crippen molar-refractivity contribution in [2.24, 2.45) is 17.6 Å². The average Bonchev–Trinajstić information content (AvgIpc) is 3.25. The van der Waals surface area contributed by atoms with Crippen molar-refractivity contribution in [1.29, 1.82) is 0 Å². The third-order valence-corrected chi connectivity index (χ3v) is 7.64. The van der Waals surface area contributed by atoms with Crippen LogP contribution in [-0.4, -0.2) is 81.8 Å². The lowest BCUT2D eigenvalue weighted by molar-refractivity contribution is -0.124. The van der Waals surface area contributed by atoms with Gasteiger partial charge in [0.15, 0.2) is 11.5 Å². The van der Waals surface area contributed by atoms with E-state index in [9.17, 15) is 4.79 Å². The van der Waals surface area contributed by atoms with Crippen LogP contribution in [0.5, 0.6) is 0 Å². The number of aromatic nitrogens is 4. The lowest BCUT2D eigenvalue weighted by Gasteiger charge is -2.35. The van der Waals surface area contributed by atoms with Gasteiger partial charge >= 0.3 is 0 Å². The van der Waals surface area contributed by atoms with Gasteiger partial charge in [-0.15, -0.1) is 15.3 Å². The normalized spacial score (nSPS) is 19.3. The van der Waals surface area contributed by atoms with Gasteiger partial charge in [-0.05, 0) is 68.7 Å². The van der Waals surface area contributed by atoms with E-state index >= 15 is 0 Å². The Balaban J connectivity index is 1.26. The van der Waals surface area contributed by atoms with Gasteiger partial charge in [-0.3, -0.25) is 9.69 Å². The molecule has 1 amide bonds. The number of halogens is 1. The highest BCUT2D eigenvalue weighted by Gasteiger charge is 2.32. The molecule has 1 atom stereocenters. The molecule has 2 aromatic heterocycles. The highest BCUT2D eigenvalue weighted by Crippen LogP contribution is 2.29. The summed E-state index contributed by atoms with van der Waals surface area (Å²) in [5.41, 5.74) is 7.80.